The van der Waals surface area contributed by atoms with Crippen molar-refractivity contribution < 1.29 is 23.8 Å². The van der Waals surface area contributed by atoms with Crippen LogP contribution in [-0.4, -0.2) is 49.6 Å². The summed E-state index contributed by atoms with van der Waals surface area (Å²) in [4.78, 5) is 27.3. The molecule has 1 fully saturated rings. The largest absolute Gasteiger partial charge is 0.497 e. The second kappa shape index (κ2) is 10.1. The molecule has 0 spiro atoms. The first-order valence-corrected chi connectivity index (χ1v) is 11.5. The van der Waals surface area contributed by atoms with Gasteiger partial charge in [-0.1, -0.05) is 24.3 Å². The number of carbonyl (C=O) groups is 2. The molecule has 7 heteroatoms. The summed E-state index contributed by atoms with van der Waals surface area (Å²) < 4.78 is 16.7. The van der Waals surface area contributed by atoms with Crippen molar-refractivity contribution >= 4 is 11.8 Å². The number of rotatable bonds is 7. The topological polar surface area (TPSA) is 77.1 Å². The second-order valence-corrected chi connectivity index (χ2v) is 8.82. The van der Waals surface area contributed by atoms with Crippen LogP contribution in [0.25, 0.3) is 0 Å². The summed E-state index contributed by atoms with van der Waals surface area (Å²) in [7, 11) is 3.27. The zero-order chi connectivity index (χ0) is 23.3. The van der Waals surface area contributed by atoms with E-state index in [9.17, 15) is 9.59 Å². The van der Waals surface area contributed by atoms with E-state index in [1.807, 2.05) is 47.4 Å². The van der Waals surface area contributed by atoms with Gasteiger partial charge in [-0.05, 0) is 49.4 Å². The number of methoxy groups -OCH3 is 2. The summed E-state index contributed by atoms with van der Waals surface area (Å²) in [6, 6.07) is 13.7. The third kappa shape index (κ3) is 5.41. The van der Waals surface area contributed by atoms with Crippen LogP contribution in [0.1, 0.15) is 43.2 Å². The quantitative estimate of drug-likeness (QED) is 0.696. The van der Waals surface area contributed by atoms with Crippen LogP contribution in [0.5, 0.6) is 17.2 Å². The summed E-state index contributed by atoms with van der Waals surface area (Å²) in [5.41, 5.74) is 1.63. The Kier molecular flexibility index (Phi) is 7.06. The predicted molar refractivity (Wildman–Crippen MR) is 125 cm³/mol. The maximum atomic E-state index is 13.3. The number of carbonyl (C=O) groups excluding carboxylic acids is 2. The highest BCUT2D eigenvalue weighted by atomic mass is 16.5. The molecule has 2 aromatic carbocycles. The van der Waals surface area contributed by atoms with E-state index in [2.05, 4.69) is 5.32 Å². The van der Waals surface area contributed by atoms with Gasteiger partial charge in [0.05, 0.1) is 20.8 Å². The molecular formula is C26H32N2O5. The second-order valence-electron chi connectivity index (χ2n) is 8.82. The van der Waals surface area contributed by atoms with Gasteiger partial charge in [-0.25, -0.2) is 0 Å². The third-order valence-electron chi connectivity index (χ3n) is 6.54. The Bertz CT molecular complexity index is 1010. The molecule has 2 heterocycles. The number of hydrogen-bond acceptors (Lipinski definition) is 5. The van der Waals surface area contributed by atoms with Crippen LogP contribution in [0.15, 0.2) is 42.5 Å². The molecule has 2 aliphatic rings. The SMILES string of the molecule is COc1cccc(CC2(CCC(=O)N3CCCOc4c(cccc4OC)C3)CCC(=O)N2)c1. The molecule has 0 bridgehead atoms. The van der Waals surface area contributed by atoms with Crippen LogP contribution in [0.4, 0.5) is 0 Å². The summed E-state index contributed by atoms with van der Waals surface area (Å²) in [5, 5.41) is 3.18. The van der Waals surface area contributed by atoms with E-state index < -0.39 is 5.54 Å². The number of amides is 2. The van der Waals surface area contributed by atoms with Crippen molar-refractivity contribution in [1.29, 1.82) is 0 Å². The van der Waals surface area contributed by atoms with E-state index in [0.29, 0.717) is 51.1 Å². The Morgan fingerprint density at radius 3 is 2.79 bits per heavy atom. The van der Waals surface area contributed by atoms with Crippen molar-refractivity contribution in [2.45, 2.75) is 50.6 Å². The van der Waals surface area contributed by atoms with Crippen LogP contribution >= 0.6 is 0 Å². The molecule has 1 N–H and O–H groups in total. The fraction of sp³-hybridized carbons (Fsp3) is 0.462. The fourth-order valence-electron chi connectivity index (χ4n) is 4.80. The van der Waals surface area contributed by atoms with Gasteiger partial charge in [0.15, 0.2) is 11.5 Å². The van der Waals surface area contributed by atoms with Gasteiger partial charge < -0.3 is 24.4 Å². The van der Waals surface area contributed by atoms with E-state index in [1.165, 1.54) is 0 Å². The molecule has 0 saturated carbocycles. The van der Waals surface area contributed by atoms with Crippen molar-refractivity contribution in [2.24, 2.45) is 0 Å². The molecule has 1 unspecified atom stereocenters. The molecular weight excluding hydrogens is 420 g/mol. The third-order valence-corrected chi connectivity index (χ3v) is 6.54. The van der Waals surface area contributed by atoms with Crippen molar-refractivity contribution in [2.75, 3.05) is 27.4 Å². The molecule has 4 rings (SSSR count). The van der Waals surface area contributed by atoms with E-state index >= 15 is 0 Å². The van der Waals surface area contributed by atoms with Gasteiger partial charge in [-0.3, -0.25) is 9.59 Å². The lowest BCUT2D eigenvalue weighted by Crippen LogP contribution is -2.45. The number of nitrogens with zero attached hydrogens (tertiary/aromatic N) is 1. The van der Waals surface area contributed by atoms with Gasteiger partial charge in [0.1, 0.15) is 5.75 Å². The number of nitrogens with one attached hydrogen (secondary N) is 1. The standard InChI is InChI=1S/C26H32N2O5/c1-31-21-8-3-6-19(16-21)17-26(12-10-23(29)27-26)13-11-24(30)28-14-5-15-33-25-20(18-28)7-4-9-22(25)32-2/h3-4,6-9,16H,5,10-15,17-18H2,1-2H3,(H,27,29). The van der Waals surface area contributed by atoms with Gasteiger partial charge in [0.25, 0.3) is 0 Å². The molecule has 2 aromatic rings. The zero-order valence-electron chi connectivity index (χ0n) is 19.4. The number of fused-ring (bicyclic) bond motifs is 1. The summed E-state index contributed by atoms with van der Waals surface area (Å²) in [5.74, 6) is 2.34. The lowest BCUT2D eigenvalue weighted by Gasteiger charge is -2.32. The Morgan fingerprint density at radius 2 is 2.03 bits per heavy atom. The monoisotopic (exact) mass is 452 g/mol. The molecule has 33 heavy (non-hydrogen) atoms. The number of benzene rings is 2. The first-order chi connectivity index (χ1) is 16.0. The highest BCUT2D eigenvalue weighted by molar-refractivity contribution is 5.80. The van der Waals surface area contributed by atoms with Crippen LogP contribution in [0, 0.1) is 0 Å². The number of hydrogen-bond donors (Lipinski definition) is 1. The molecule has 2 amide bonds. The lowest BCUT2D eigenvalue weighted by molar-refractivity contribution is -0.132. The molecule has 0 radical (unpaired) electrons. The van der Waals surface area contributed by atoms with Crippen LogP contribution in [-0.2, 0) is 22.6 Å². The van der Waals surface area contributed by atoms with Crippen molar-refractivity contribution in [3.63, 3.8) is 0 Å². The molecule has 0 aromatic heterocycles. The Balaban J connectivity index is 1.46. The molecule has 7 nitrogen and oxygen atoms in total. The van der Waals surface area contributed by atoms with Crippen LogP contribution < -0.4 is 19.5 Å². The summed E-state index contributed by atoms with van der Waals surface area (Å²) in [6.07, 6.45) is 3.64. The first kappa shape index (κ1) is 23.0. The minimum atomic E-state index is -0.411. The Labute approximate surface area is 195 Å². The molecule has 1 atom stereocenters. The zero-order valence-corrected chi connectivity index (χ0v) is 19.4. The highest BCUT2D eigenvalue weighted by Gasteiger charge is 2.38. The normalized spacial score (nSPS) is 20.2. The maximum absolute atomic E-state index is 13.3. The van der Waals surface area contributed by atoms with E-state index in [4.69, 9.17) is 14.2 Å². The van der Waals surface area contributed by atoms with Crippen molar-refractivity contribution in [1.82, 2.24) is 10.2 Å². The number of ether oxygens (including phenoxy) is 3. The van der Waals surface area contributed by atoms with Crippen molar-refractivity contribution in [3.8, 4) is 17.2 Å². The summed E-state index contributed by atoms with van der Waals surface area (Å²) >= 11 is 0. The average Bonchev–Trinajstić information content (AvgIpc) is 3.18. The highest BCUT2D eigenvalue weighted by Crippen LogP contribution is 2.34. The molecule has 1 saturated heterocycles. The van der Waals surface area contributed by atoms with Gasteiger partial charge in [0.2, 0.25) is 11.8 Å². The van der Waals surface area contributed by atoms with E-state index in [-0.39, 0.29) is 11.8 Å². The van der Waals surface area contributed by atoms with Crippen molar-refractivity contribution in [3.05, 3.63) is 53.6 Å². The minimum absolute atomic E-state index is 0.0507. The molecule has 176 valence electrons. The molecule has 2 aliphatic heterocycles. The molecule has 0 aliphatic carbocycles. The minimum Gasteiger partial charge on any atom is -0.497 e. The van der Waals surface area contributed by atoms with Gasteiger partial charge in [0, 0.05) is 37.0 Å². The first-order valence-electron chi connectivity index (χ1n) is 11.5. The fourth-order valence-corrected chi connectivity index (χ4v) is 4.80. The van der Waals surface area contributed by atoms with Gasteiger partial charge >= 0.3 is 0 Å². The Morgan fingerprint density at radius 1 is 1.18 bits per heavy atom. The number of para-hydroxylation sites is 1. The summed E-state index contributed by atoms with van der Waals surface area (Å²) in [6.45, 7) is 1.67. The maximum Gasteiger partial charge on any atom is 0.222 e. The van der Waals surface area contributed by atoms with E-state index in [0.717, 1.165) is 35.5 Å². The van der Waals surface area contributed by atoms with E-state index in [1.54, 1.807) is 14.2 Å². The van der Waals surface area contributed by atoms with Crippen LogP contribution in [0.3, 0.4) is 0 Å². The smallest absolute Gasteiger partial charge is 0.222 e. The average molecular weight is 453 g/mol. The van der Waals surface area contributed by atoms with Gasteiger partial charge in [-0.2, -0.15) is 0 Å². The van der Waals surface area contributed by atoms with Crippen LogP contribution in [0.2, 0.25) is 0 Å². The predicted octanol–water partition coefficient (Wildman–Crippen LogP) is 3.49. The van der Waals surface area contributed by atoms with Gasteiger partial charge in [-0.15, -0.1) is 0 Å². The Hall–Kier alpha value is -3.22. The lowest BCUT2D eigenvalue weighted by atomic mass is 9.84.